The molecule has 21 heavy (non-hydrogen) atoms. The molecule has 0 aliphatic rings. The van der Waals surface area contributed by atoms with Gasteiger partial charge in [-0.1, -0.05) is 0 Å². The molecule has 0 atom stereocenters. The van der Waals surface area contributed by atoms with Gasteiger partial charge < -0.3 is 9.80 Å². The molecule has 2 heterocycles. The zero-order valence-corrected chi connectivity index (χ0v) is 12.6. The highest BCUT2D eigenvalue weighted by Gasteiger charge is 2.11. The standard InChI is InChI=1S/C12H21N9/c1-19(2)7-5-8-20(3)11-15-10(18-13)16-12(17-11)21-9-4-6-14-21/h4,6,9H,5,7-8,13H2,1-3H3,(H,15,16,17,18). The quantitative estimate of drug-likeness (QED) is 0.531. The van der Waals surface area contributed by atoms with E-state index in [9.17, 15) is 0 Å². The van der Waals surface area contributed by atoms with E-state index in [4.69, 9.17) is 5.84 Å². The molecule has 9 heteroatoms. The summed E-state index contributed by atoms with van der Waals surface area (Å²) in [6.07, 6.45) is 4.45. The maximum absolute atomic E-state index is 5.42. The first-order valence-corrected chi connectivity index (χ1v) is 6.68. The number of nitrogen functional groups attached to an aromatic ring is 1. The smallest absolute Gasteiger partial charge is 0.257 e. The Hall–Kier alpha value is -2.26. The van der Waals surface area contributed by atoms with Crippen molar-refractivity contribution in [1.29, 1.82) is 0 Å². The summed E-state index contributed by atoms with van der Waals surface area (Å²) < 4.78 is 1.57. The van der Waals surface area contributed by atoms with Crippen molar-refractivity contribution in [3.05, 3.63) is 18.5 Å². The first-order chi connectivity index (χ1) is 10.1. The number of anilines is 2. The number of nitrogens with one attached hydrogen (secondary N) is 1. The lowest BCUT2D eigenvalue weighted by atomic mass is 10.4. The Balaban J connectivity index is 2.16. The van der Waals surface area contributed by atoms with Gasteiger partial charge in [0.25, 0.3) is 5.95 Å². The third-order valence-corrected chi connectivity index (χ3v) is 2.89. The molecule has 0 spiro atoms. The molecule has 0 saturated heterocycles. The minimum Gasteiger partial charge on any atom is -0.344 e. The number of rotatable bonds is 7. The van der Waals surface area contributed by atoms with Crippen LogP contribution < -0.4 is 16.2 Å². The third kappa shape index (κ3) is 4.10. The molecule has 0 aliphatic heterocycles. The van der Waals surface area contributed by atoms with Crippen LogP contribution in [0.4, 0.5) is 11.9 Å². The molecule has 0 saturated carbocycles. The van der Waals surface area contributed by atoms with E-state index in [1.165, 1.54) is 0 Å². The summed E-state index contributed by atoms with van der Waals surface area (Å²) in [6, 6.07) is 1.81. The summed E-state index contributed by atoms with van der Waals surface area (Å²) in [5.41, 5.74) is 2.46. The zero-order valence-electron chi connectivity index (χ0n) is 12.6. The molecule has 114 valence electrons. The molecule has 2 aromatic rings. The van der Waals surface area contributed by atoms with E-state index in [2.05, 4.69) is 44.5 Å². The highest BCUT2D eigenvalue weighted by atomic mass is 15.4. The van der Waals surface area contributed by atoms with Gasteiger partial charge in [0.1, 0.15) is 0 Å². The lowest BCUT2D eigenvalue weighted by Crippen LogP contribution is -2.26. The van der Waals surface area contributed by atoms with Crippen molar-refractivity contribution in [2.75, 3.05) is 44.6 Å². The Morgan fingerprint density at radius 3 is 2.62 bits per heavy atom. The summed E-state index contributed by atoms with van der Waals surface area (Å²) in [4.78, 5) is 17.0. The van der Waals surface area contributed by atoms with Gasteiger partial charge in [0.05, 0.1) is 0 Å². The fraction of sp³-hybridized carbons (Fsp3) is 0.500. The van der Waals surface area contributed by atoms with Gasteiger partial charge in [0.2, 0.25) is 11.9 Å². The Morgan fingerprint density at radius 2 is 2.00 bits per heavy atom. The number of aromatic nitrogens is 5. The first kappa shape index (κ1) is 15.1. The van der Waals surface area contributed by atoms with E-state index >= 15 is 0 Å². The van der Waals surface area contributed by atoms with Crippen LogP contribution in [0.1, 0.15) is 6.42 Å². The summed E-state index contributed by atoms with van der Waals surface area (Å²) in [7, 11) is 6.04. The molecular formula is C12H21N9. The van der Waals surface area contributed by atoms with Gasteiger partial charge >= 0.3 is 0 Å². The molecule has 0 aliphatic carbocycles. The second-order valence-corrected chi connectivity index (χ2v) is 4.93. The van der Waals surface area contributed by atoms with E-state index in [0.29, 0.717) is 17.8 Å². The lowest BCUT2D eigenvalue weighted by Gasteiger charge is -2.19. The van der Waals surface area contributed by atoms with Crippen molar-refractivity contribution in [1.82, 2.24) is 29.6 Å². The second-order valence-electron chi connectivity index (χ2n) is 4.93. The van der Waals surface area contributed by atoms with Crippen molar-refractivity contribution in [3.63, 3.8) is 0 Å². The van der Waals surface area contributed by atoms with E-state index < -0.39 is 0 Å². The number of nitrogens with two attached hydrogens (primary N) is 1. The molecule has 0 aromatic carbocycles. The minimum atomic E-state index is 0.310. The summed E-state index contributed by atoms with van der Waals surface area (Å²) in [6.45, 7) is 1.84. The van der Waals surface area contributed by atoms with E-state index in [1.54, 1.807) is 23.1 Å². The van der Waals surface area contributed by atoms with Crippen LogP contribution >= 0.6 is 0 Å². The topological polar surface area (TPSA) is 101 Å². The summed E-state index contributed by atoms with van der Waals surface area (Å²) in [5, 5.41) is 4.12. The van der Waals surface area contributed by atoms with Gasteiger partial charge in [-0.2, -0.15) is 20.1 Å². The van der Waals surface area contributed by atoms with Crippen molar-refractivity contribution < 1.29 is 0 Å². The van der Waals surface area contributed by atoms with E-state index in [-0.39, 0.29) is 0 Å². The van der Waals surface area contributed by atoms with Gasteiger partial charge in [0.15, 0.2) is 0 Å². The predicted octanol–water partition coefficient (Wildman–Crippen LogP) is -0.269. The Kier molecular flexibility index (Phi) is 5.01. The fourth-order valence-electron chi connectivity index (χ4n) is 1.80. The van der Waals surface area contributed by atoms with Gasteiger partial charge in [-0.25, -0.2) is 10.5 Å². The number of hydrogen-bond donors (Lipinski definition) is 2. The normalized spacial score (nSPS) is 10.9. The maximum Gasteiger partial charge on any atom is 0.257 e. The predicted molar refractivity (Wildman–Crippen MR) is 81.2 cm³/mol. The molecule has 2 aromatic heterocycles. The summed E-state index contributed by atoms with van der Waals surface area (Å²) in [5.74, 6) is 6.72. The van der Waals surface area contributed by atoms with Crippen LogP contribution in [-0.4, -0.2) is 63.9 Å². The van der Waals surface area contributed by atoms with Crippen LogP contribution in [0.3, 0.4) is 0 Å². The van der Waals surface area contributed by atoms with Crippen LogP contribution in [0.25, 0.3) is 5.95 Å². The van der Waals surface area contributed by atoms with E-state index in [1.807, 2.05) is 11.9 Å². The third-order valence-electron chi connectivity index (χ3n) is 2.89. The largest absolute Gasteiger partial charge is 0.344 e. The number of hydrazine groups is 1. The van der Waals surface area contributed by atoms with Crippen molar-refractivity contribution in [2.24, 2.45) is 5.84 Å². The van der Waals surface area contributed by atoms with Crippen LogP contribution in [0.5, 0.6) is 0 Å². The van der Waals surface area contributed by atoms with Gasteiger partial charge in [-0.05, 0) is 33.1 Å². The fourth-order valence-corrected chi connectivity index (χ4v) is 1.80. The van der Waals surface area contributed by atoms with Crippen LogP contribution in [0.15, 0.2) is 18.5 Å². The van der Waals surface area contributed by atoms with Crippen molar-refractivity contribution >= 4 is 11.9 Å². The van der Waals surface area contributed by atoms with Crippen molar-refractivity contribution in [2.45, 2.75) is 6.42 Å². The van der Waals surface area contributed by atoms with Gasteiger partial charge in [0, 0.05) is 26.0 Å². The molecule has 0 radical (unpaired) electrons. The molecule has 0 fully saturated rings. The zero-order chi connectivity index (χ0) is 15.2. The maximum atomic E-state index is 5.42. The average Bonchev–Trinajstić information content (AvgIpc) is 3.00. The molecule has 0 unspecified atom stereocenters. The van der Waals surface area contributed by atoms with Crippen LogP contribution in [0.2, 0.25) is 0 Å². The van der Waals surface area contributed by atoms with E-state index in [0.717, 1.165) is 19.5 Å². The van der Waals surface area contributed by atoms with Crippen LogP contribution in [-0.2, 0) is 0 Å². The molecule has 9 nitrogen and oxygen atoms in total. The SMILES string of the molecule is CN(C)CCCN(C)c1nc(NN)nc(-n2cccn2)n1. The highest BCUT2D eigenvalue weighted by Crippen LogP contribution is 2.11. The lowest BCUT2D eigenvalue weighted by molar-refractivity contribution is 0.401. The van der Waals surface area contributed by atoms with Gasteiger partial charge in [-0.15, -0.1) is 0 Å². The highest BCUT2D eigenvalue weighted by molar-refractivity contribution is 5.38. The molecule has 2 rings (SSSR count). The molecule has 0 bridgehead atoms. The monoisotopic (exact) mass is 291 g/mol. The Bertz CT molecular complexity index is 552. The summed E-state index contributed by atoms with van der Waals surface area (Å²) >= 11 is 0. The van der Waals surface area contributed by atoms with Gasteiger partial charge in [-0.3, -0.25) is 5.43 Å². The first-order valence-electron chi connectivity index (χ1n) is 6.68. The second kappa shape index (κ2) is 6.95. The van der Waals surface area contributed by atoms with Crippen LogP contribution in [0, 0.1) is 0 Å². The van der Waals surface area contributed by atoms with Crippen molar-refractivity contribution in [3.8, 4) is 5.95 Å². The number of nitrogens with zero attached hydrogens (tertiary/aromatic N) is 7. The Morgan fingerprint density at radius 1 is 1.19 bits per heavy atom. The average molecular weight is 291 g/mol. The molecular weight excluding hydrogens is 270 g/mol. The Labute approximate surface area is 123 Å². The molecule has 3 N–H and O–H groups in total. The minimum absolute atomic E-state index is 0.310. The number of hydrogen-bond acceptors (Lipinski definition) is 8. The molecule has 0 amide bonds.